The lowest BCUT2D eigenvalue weighted by Crippen LogP contribution is -2.24. The van der Waals surface area contributed by atoms with Gasteiger partial charge in [-0.05, 0) is 43.2 Å². The molecule has 2 aromatic carbocycles. The minimum atomic E-state index is -1.26. The van der Waals surface area contributed by atoms with Gasteiger partial charge in [-0.15, -0.1) is 0 Å². The Morgan fingerprint density at radius 3 is 2.43 bits per heavy atom. The van der Waals surface area contributed by atoms with Crippen LogP contribution in [0.3, 0.4) is 0 Å². The molecule has 2 rings (SSSR count). The van der Waals surface area contributed by atoms with Crippen LogP contribution >= 0.6 is 11.6 Å². The van der Waals surface area contributed by atoms with Crippen LogP contribution < -0.4 is 14.8 Å². The maximum Gasteiger partial charge on any atom is 0.352 e. The topological polar surface area (TPSA) is 84.9 Å². The van der Waals surface area contributed by atoms with Crippen LogP contribution in [0.2, 0.25) is 5.02 Å². The molecule has 0 saturated carbocycles. The highest BCUT2D eigenvalue weighted by Gasteiger charge is 2.15. The average molecular weight is 404 g/mol. The summed E-state index contributed by atoms with van der Waals surface area (Å²) in [6, 6.07) is 11.1. The Balaban J connectivity index is 2.33. The molecule has 6 nitrogen and oxygen atoms in total. The third-order valence-corrected chi connectivity index (χ3v) is 3.97. The van der Waals surface area contributed by atoms with Gasteiger partial charge in [0.05, 0.1) is 11.6 Å². The highest BCUT2D eigenvalue weighted by molar-refractivity contribution is 6.32. The first kappa shape index (κ1) is 21.3. The summed E-state index contributed by atoms with van der Waals surface area (Å²) in [6.07, 6.45) is 1.31. The Bertz CT molecular complexity index is 890. The molecule has 2 aromatic rings. The van der Waals surface area contributed by atoms with Crippen molar-refractivity contribution < 1.29 is 24.2 Å². The Hall–Kier alpha value is -2.99. The van der Waals surface area contributed by atoms with E-state index in [2.05, 4.69) is 5.32 Å². The van der Waals surface area contributed by atoms with Crippen molar-refractivity contribution in [3.05, 3.63) is 63.8 Å². The molecular weight excluding hydrogens is 382 g/mol. The molecule has 148 valence electrons. The molecule has 1 amide bonds. The van der Waals surface area contributed by atoms with Crippen LogP contribution in [0.1, 0.15) is 30.5 Å². The van der Waals surface area contributed by atoms with Crippen LogP contribution in [0.5, 0.6) is 11.5 Å². The maximum atomic E-state index is 11.3. The lowest BCUT2D eigenvalue weighted by molar-refractivity contribution is -0.134. The summed E-state index contributed by atoms with van der Waals surface area (Å²) in [6.45, 7) is 5.74. The van der Waals surface area contributed by atoms with Gasteiger partial charge in [-0.25, -0.2) is 4.79 Å². The molecule has 0 fully saturated rings. The first-order chi connectivity index (χ1) is 13.3. The summed E-state index contributed by atoms with van der Waals surface area (Å²) >= 11 is 6.36. The van der Waals surface area contributed by atoms with Gasteiger partial charge in [0, 0.05) is 6.92 Å². The number of hydrogen-bond acceptors (Lipinski definition) is 4. The summed E-state index contributed by atoms with van der Waals surface area (Å²) in [5.41, 5.74) is 2.33. The third-order valence-electron chi connectivity index (χ3n) is 3.69. The molecule has 0 unspecified atom stereocenters. The van der Waals surface area contributed by atoms with Gasteiger partial charge in [0.1, 0.15) is 12.3 Å². The molecule has 28 heavy (non-hydrogen) atoms. The number of halogens is 1. The third kappa shape index (κ3) is 6.03. The molecule has 7 heteroatoms. The zero-order chi connectivity index (χ0) is 20.7. The van der Waals surface area contributed by atoms with E-state index in [1.54, 1.807) is 12.1 Å². The molecular formula is C21H22ClNO5. The predicted molar refractivity (Wildman–Crippen MR) is 108 cm³/mol. The largest absolute Gasteiger partial charge is 0.490 e. The van der Waals surface area contributed by atoms with Gasteiger partial charge in [-0.1, -0.05) is 41.4 Å². The number of benzene rings is 2. The molecule has 0 bridgehead atoms. The second-order valence-corrected chi connectivity index (χ2v) is 6.49. The quantitative estimate of drug-likeness (QED) is 0.645. The van der Waals surface area contributed by atoms with E-state index < -0.39 is 11.9 Å². The normalized spacial score (nSPS) is 11.1. The van der Waals surface area contributed by atoms with Crippen LogP contribution in [0, 0.1) is 6.92 Å². The number of amides is 1. The second-order valence-electron chi connectivity index (χ2n) is 6.08. The van der Waals surface area contributed by atoms with E-state index in [0.717, 1.165) is 11.1 Å². The number of carboxylic acids is 1. The number of carbonyl (C=O) groups is 2. The van der Waals surface area contributed by atoms with Crippen molar-refractivity contribution in [3.8, 4) is 11.5 Å². The van der Waals surface area contributed by atoms with Crippen LogP contribution in [-0.2, 0) is 16.2 Å². The van der Waals surface area contributed by atoms with E-state index in [1.807, 2.05) is 38.1 Å². The first-order valence-corrected chi connectivity index (χ1v) is 9.05. The number of ether oxygens (including phenoxy) is 2. The molecule has 0 heterocycles. The molecule has 0 aliphatic carbocycles. The average Bonchev–Trinajstić information content (AvgIpc) is 2.62. The highest BCUT2D eigenvalue weighted by Crippen LogP contribution is 2.37. The van der Waals surface area contributed by atoms with E-state index in [4.69, 9.17) is 21.1 Å². The first-order valence-electron chi connectivity index (χ1n) is 8.67. The van der Waals surface area contributed by atoms with E-state index in [0.29, 0.717) is 30.3 Å². The number of aryl methyl sites for hydroxylation is 1. The molecule has 0 atom stereocenters. The standard InChI is InChI=1S/C21H22ClNO5/c1-4-27-19-11-16(10-18(21(25)26)23-14(3)24)9-17(22)20(19)28-12-15-7-5-13(2)6-8-15/h5-11H,4,12H2,1-3H3,(H,23,24)(H,25,26). The Kier molecular flexibility index (Phi) is 7.46. The van der Waals surface area contributed by atoms with E-state index in [1.165, 1.54) is 13.0 Å². The molecule has 0 radical (unpaired) electrons. The van der Waals surface area contributed by atoms with Gasteiger partial charge in [0.25, 0.3) is 0 Å². The van der Waals surface area contributed by atoms with Crippen molar-refractivity contribution in [2.24, 2.45) is 0 Å². The lowest BCUT2D eigenvalue weighted by atomic mass is 10.1. The summed E-state index contributed by atoms with van der Waals surface area (Å²) in [5, 5.41) is 11.8. The van der Waals surface area contributed by atoms with Gasteiger partial charge < -0.3 is 19.9 Å². The Labute approximate surface area is 168 Å². The molecule has 0 aromatic heterocycles. The SMILES string of the molecule is CCOc1cc(C=C(NC(C)=O)C(=O)O)cc(Cl)c1OCc1ccc(C)cc1. The van der Waals surface area contributed by atoms with Crippen molar-refractivity contribution in [1.29, 1.82) is 0 Å². The van der Waals surface area contributed by atoms with Crippen LogP contribution in [0.15, 0.2) is 42.1 Å². The minimum absolute atomic E-state index is 0.265. The predicted octanol–water partition coefficient (Wildman–Crippen LogP) is 4.19. The highest BCUT2D eigenvalue weighted by atomic mass is 35.5. The molecule has 0 saturated heterocycles. The van der Waals surface area contributed by atoms with E-state index >= 15 is 0 Å². The monoisotopic (exact) mass is 403 g/mol. The van der Waals surface area contributed by atoms with Gasteiger partial charge in [-0.3, -0.25) is 4.79 Å². The van der Waals surface area contributed by atoms with Crippen LogP contribution in [-0.4, -0.2) is 23.6 Å². The zero-order valence-electron chi connectivity index (χ0n) is 15.9. The van der Waals surface area contributed by atoms with Gasteiger partial charge in [0.2, 0.25) is 5.91 Å². The summed E-state index contributed by atoms with van der Waals surface area (Å²) in [4.78, 5) is 22.5. The van der Waals surface area contributed by atoms with E-state index in [-0.39, 0.29) is 10.7 Å². The fourth-order valence-corrected chi connectivity index (χ4v) is 2.70. The minimum Gasteiger partial charge on any atom is -0.490 e. The Morgan fingerprint density at radius 1 is 1.18 bits per heavy atom. The second kappa shape index (κ2) is 9.80. The molecule has 2 N–H and O–H groups in total. The maximum absolute atomic E-state index is 11.3. The van der Waals surface area contributed by atoms with Crippen molar-refractivity contribution in [3.63, 3.8) is 0 Å². The van der Waals surface area contributed by atoms with Crippen molar-refractivity contribution >= 4 is 29.6 Å². The number of hydrogen-bond donors (Lipinski definition) is 2. The molecule has 0 aliphatic heterocycles. The van der Waals surface area contributed by atoms with Crippen LogP contribution in [0.25, 0.3) is 6.08 Å². The van der Waals surface area contributed by atoms with Crippen molar-refractivity contribution in [1.82, 2.24) is 5.32 Å². The summed E-state index contributed by atoms with van der Waals surface area (Å²) in [5.74, 6) is -0.981. The van der Waals surface area contributed by atoms with E-state index in [9.17, 15) is 14.7 Å². The molecule has 0 aliphatic rings. The van der Waals surface area contributed by atoms with Crippen LogP contribution in [0.4, 0.5) is 0 Å². The number of carboxylic acid groups (broad SMARTS) is 1. The fourth-order valence-electron chi connectivity index (χ4n) is 2.42. The fraction of sp³-hybridized carbons (Fsp3) is 0.238. The van der Waals surface area contributed by atoms with Gasteiger partial charge in [0.15, 0.2) is 11.5 Å². The van der Waals surface area contributed by atoms with Gasteiger partial charge in [-0.2, -0.15) is 0 Å². The lowest BCUT2D eigenvalue weighted by Gasteiger charge is -2.15. The zero-order valence-corrected chi connectivity index (χ0v) is 16.7. The Morgan fingerprint density at radius 2 is 1.86 bits per heavy atom. The van der Waals surface area contributed by atoms with Gasteiger partial charge >= 0.3 is 5.97 Å². The number of carbonyl (C=O) groups excluding carboxylic acids is 1. The molecule has 0 spiro atoms. The van der Waals surface area contributed by atoms with Crippen molar-refractivity contribution in [2.75, 3.05) is 6.61 Å². The summed E-state index contributed by atoms with van der Waals surface area (Å²) < 4.78 is 11.5. The summed E-state index contributed by atoms with van der Waals surface area (Å²) in [7, 11) is 0. The number of rotatable bonds is 8. The number of nitrogens with one attached hydrogen (secondary N) is 1. The van der Waals surface area contributed by atoms with Crippen molar-refractivity contribution in [2.45, 2.75) is 27.4 Å². The number of aliphatic carboxylic acids is 1. The smallest absolute Gasteiger partial charge is 0.352 e.